The average Bonchev–Trinajstić information content (AvgIpc) is 3.00. The number of fused-ring (bicyclic) bond motifs is 1. The number of carbonyl (C=O) groups is 2. The van der Waals surface area contributed by atoms with Gasteiger partial charge in [0.15, 0.2) is 12.8 Å². The Morgan fingerprint density at radius 2 is 1.93 bits per heavy atom. The smallest absolute Gasteiger partial charge is 0.328 e. The van der Waals surface area contributed by atoms with E-state index in [1.165, 1.54) is 0 Å². The van der Waals surface area contributed by atoms with E-state index in [0.29, 0.717) is 57.9 Å². The lowest BCUT2D eigenvalue weighted by Crippen LogP contribution is -2.43. The number of amides is 1. The number of nitrogens with zero attached hydrogens (tertiary/aromatic N) is 3. The first kappa shape index (κ1) is 28.8. The summed E-state index contributed by atoms with van der Waals surface area (Å²) in [6, 6.07) is 14.9. The van der Waals surface area contributed by atoms with Gasteiger partial charge in [0, 0.05) is 46.3 Å². The van der Waals surface area contributed by atoms with Crippen LogP contribution < -0.4 is 5.32 Å². The average molecular weight is 590 g/mol. The van der Waals surface area contributed by atoms with Crippen molar-refractivity contribution in [3.05, 3.63) is 94.1 Å². The van der Waals surface area contributed by atoms with Gasteiger partial charge >= 0.3 is 5.97 Å². The number of nitrogens with one attached hydrogen (secondary N) is 1. The molecule has 1 aromatic heterocycles. The van der Waals surface area contributed by atoms with Gasteiger partial charge in [-0.05, 0) is 23.8 Å². The monoisotopic (exact) mass is 589 g/mol. The topological polar surface area (TPSA) is 104 Å². The number of halogens is 3. The minimum atomic E-state index is -1.26. The van der Waals surface area contributed by atoms with Crippen molar-refractivity contribution in [3.63, 3.8) is 0 Å². The molecular formula is C31H24ClF2N4O4+. The van der Waals surface area contributed by atoms with Gasteiger partial charge in [0.05, 0.1) is 24.3 Å². The van der Waals surface area contributed by atoms with Crippen molar-refractivity contribution >= 4 is 46.3 Å². The fourth-order valence-electron chi connectivity index (χ4n) is 4.87. The van der Waals surface area contributed by atoms with Crippen LogP contribution in [-0.2, 0) is 20.7 Å². The highest BCUT2D eigenvalue weighted by atomic mass is 35.5. The number of hydrogen-bond acceptors (Lipinski definition) is 6. The molecule has 3 aromatic carbocycles. The molecule has 0 fully saturated rings. The van der Waals surface area contributed by atoms with Gasteiger partial charge < -0.3 is 14.8 Å². The Morgan fingerprint density at radius 3 is 2.60 bits per heavy atom. The van der Waals surface area contributed by atoms with Crippen molar-refractivity contribution in [2.75, 3.05) is 26.9 Å². The molecule has 0 bridgehead atoms. The van der Waals surface area contributed by atoms with Crippen LogP contribution >= 0.6 is 11.6 Å². The van der Waals surface area contributed by atoms with Gasteiger partial charge in [-0.25, -0.2) is 13.6 Å². The van der Waals surface area contributed by atoms with Crippen molar-refractivity contribution in [1.82, 2.24) is 10.3 Å². The van der Waals surface area contributed by atoms with Gasteiger partial charge in [-0.2, -0.15) is 9.84 Å². The van der Waals surface area contributed by atoms with Crippen LogP contribution in [0.1, 0.15) is 21.5 Å². The molecule has 5 rings (SSSR count). The minimum absolute atomic E-state index is 0.0496. The third-order valence-electron chi connectivity index (χ3n) is 6.94. The Kier molecular flexibility index (Phi) is 8.52. The molecule has 0 spiro atoms. The number of aromatic nitrogens is 1. The molecule has 1 N–H and O–H groups in total. The summed E-state index contributed by atoms with van der Waals surface area (Å²) in [5.41, 5.74) is 2.41. The Balaban J connectivity index is 1.46. The van der Waals surface area contributed by atoms with Crippen molar-refractivity contribution in [2.45, 2.75) is 12.5 Å². The third kappa shape index (κ3) is 5.84. The summed E-state index contributed by atoms with van der Waals surface area (Å²) in [5.74, 6) is -4.02. The maximum Gasteiger partial charge on any atom is 0.328 e. The van der Waals surface area contributed by atoms with Gasteiger partial charge in [-0.3, -0.25) is 9.78 Å². The Bertz CT molecular complexity index is 1760. The predicted molar refractivity (Wildman–Crippen MR) is 152 cm³/mol. The molecule has 0 saturated heterocycles. The maximum absolute atomic E-state index is 15.0. The molecule has 0 radical (unpaired) electrons. The zero-order valence-corrected chi connectivity index (χ0v) is 23.1. The number of ether oxygens (including phenoxy) is 2. The summed E-state index contributed by atoms with van der Waals surface area (Å²) in [6.07, 6.45) is 3.22. The molecule has 8 nitrogen and oxygen atoms in total. The molecule has 11 heteroatoms. The lowest BCUT2D eigenvalue weighted by molar-refractivity contribution is -0.450. The van der Waals surface area contributed by atoms with Crippen LogP contribution in [0.4, 0.5) is 14.5 Å². The standard InChI is InChI=1S/C31H23ClF2N4O4/c1-41-31(40)27(37-30(39)28-25(33)15-20(16-26(28)34)38-9-11-42-12-10-38)14-19-5-7-23(29-21(19)3-2-8-36-29)22-6-4-18(17-35)13-24(22)32/h2-9,13,15-16,27H,10-12,14H2,1H3/p+1/t27-/m0/s1. The second kappa shape index (κ2) is 12.4. The highest BCUT2D eigenvalue weighted by Gasteiger charge is 2.29. The van der Waals surface area contributed by atoms with E-state index in [2.05, 4.69) is 10.3 Å². The molecule has 42 heavy (non-hydrogen) atoms. The number of pyridine rings is 1. The number of nitriles is 1. The molecular weight excluding hydrogens is 566 g/mol. The van der Waals surface area contributed by atoms with E-state index in [1.54, 1.807) is 59.5 Å². The van der Waals surface area contributed by atoms with E-state index in [-0.39, 0.29) is 12.1 Å². The largest absolute Gasteiger partial charge is 0.467 e. The fourth-order valence-corrected chi connectivity index (χ4v) is 5.16. The second-order valence-electron chi connectivity index (χ2n) is 9.47. The number of esters is 1. The minimum Gasteiger partial charge on any atom is -0.467 e. The first-order valence-electron chi connectivity index (χ1n) is 12.9. The Hall–Kier alpha value is -4.72. The zero-order chi connectivity index (χ0) is 29.8. The van der Waals surface area contributed by atoms with Crippen LogP contribution in [-0.4, -0.2) is 60.6 Å². The molecule has 1 amide bonds. The van der Waals surface area contributed by atoms with Gasteiger partial charge in [0.1, 0.15) is 36.5 Å². The third-order valence-corrected chi connectivity index (χ3v) is 7.25. The van der Waals surface area contributed by atoms with Crippen LogP contribution in [0.5, 0.6) is 0 Å². The van der Waals surface area contributed by atoms with Gasteiger partial charge in [0.25, 0.3) is 5.91 Å². The molecule has 1 aliphatic rings. The van der Waals surface area contributed by atoms with Crippen LogP contribution in [0, 0.1) is 23.0 Å². The van der Waals surface area contributed by atoms with Gasteiger partial charge in [0.2, 0.25) is 5.69 Å². The number of carbonyl (C=O) groups excluding carboxylic acids is 2. The number of hydrogen-bond donors (Lipinski definition) is 1. The number of methoxy groups -OCH3 is 1. The highest BCUT2D eigenvalue weighted by Crippen LogP contribution is 2.35. The van der Waals surface area contributed by atoms with Gasteiger partial charge in [-0.1, -0.05) is 35.9 Å². The van der Waals surface area contributed by atoms with Crippen LogP contribution in [0.25, 0.3) is 22.0 Å². The lowest BCUT2D eigenvalue weighted by atomic mass is 9.94. The Labute approximate surface area is 244 Å². The first-order chi connectivity index (χ1) is 20.3. The summed E-state index contributed by atoms with van der Waals surface area (Å²) >= 11 is 6.46. The van der Waals surface area contributed by atoms with Crippen molar-refractivity contribution < 1.29 is 32.4 Å². The molecule has 0 saturated carbocycles. The van der Waals surface area contributed by atoms with E-state index >= 15 is 8.78 Å². The Morgan fingerprint density at radius 1 is 1.17 bits per heavy atom. The molecule has 212 valence electrons. The summed E-state index contributed by atoms with van der Waals surface area (Å²) in [4.78, 5) is 30.3. The molecule has 1 aliphatic heterocycles. The fraction of sp³-hybridized carbons (Fsp3) is 0.194. The summed E-state index contributed by atoms with van der Waals surface area (Å²) in [7, 11) is 1.16. The molecule has 0 aliphatic carbocycles. The van der Waals surface area contributed by atoms with E-state index in [0.717, 1.165) is 19.2 Å². The van der Waals surface area contributed by atoms with Crippen molar-refractivity contribution in [3.8, 4) is 17.2 Å². The van der Waals surface area contributed by atoms with Crippen molar-refractivity contribution in [2.24, 2.45) is 0 Å². The molecule has 1 atom stereocenters. The lowest BCUT2D eigenvalue weighted by Gasteiger charge is -2.19. The SMILES string of the molecule is COC(=O)[C@H](Cc1ccc(-c2ccc(C#N)cc2Cl)c2ncccc12)NC(=O)c1c(F)cc([N+]2=CCOCC2)cc1F. The normalized spacial score (nSPS) is 13.6. The van der Waals surface area contributed by atoms with E-state index in [1.807, 2.05) is 6.07 Å². The molecule has 2 heterocycles. The highest BCUT2D eigenvalue weighted by molar-refractivity contribution is 6.33. The van der Waals surface area contributed by atoms with E-state index in [9.17, 15) is 14.9 Å². The molecule has 0 unspecified atom stereocenters. The number of benzene rings is 3. The van der Waals surface area contributed by atoms with E-state index < -0.39 is 35.1 Å². The predicted octanol–water partition coefficient (Wildman–Crippen LogP) is 4.96. The maximum atomic E-state index is 15.0. The van der Waals surface area contributed by atoms with Crippen LogP contribution in [0.3, 0.4) is 0 Å². The van der Waals surface area contributed by atoms with E-state index in [4.69, 9.17) is 21.1 Å². The zero-order valence-electron chi connectivity index (χ0n) is 22.4. The van der Waals surface area contributed by atoms with Crippen LogP contribution in [0.15, 0.2) is 60.8 Å². The summed E-state index contributed by atoms with van der Waals surface area (Å²) in [6.45, 7) is 1.11. The summed E-state index contributed by atoms with van der Waals surface area (Å²) < 4.78 is 41.9. The first-order valence-corrected chi connectivity index (χ1v) is 13.3. The second-order valence-corrected chi connectivity index (χ2v) is 9.87. The summed E-state index contributed by atoms with van der Waals surface area (Å²) in [5, 5.41) is 12.7. The quantitative estimate of drug-likeness (QED) is 0.241. The van der Waals surface area contributed by atoms with Crippen LogP contribution in [0.2, 0.25) is 5.02 Å². The number of rotatable bonds is 7. The van der Waals surface area contributed by atoms with Crippen molar-refractivity contribution in [1.29, 1.82) is 5.26 Å². The van der Waals surface area contributed by atoms with Gasteiger partial charge in [-0.15, -0.1) is 0 Å². The molecule has 4 aromatic rings.